The Kier molecular flexibility index (Phi) is 6.44. The van der Waals surface area contributed by atoms with Crippen molar-refractivity contribution in [2.75, 3.05) is 11.1 Å². The van der Waals surface area contributed by atoms with Gasteiger partial charge in [0.25, 0.3) is 5.91 Å². The van der Waals surface area contributed by atoms with Gasteiger partial charge in [0.05, 0.1) is 11.5 Å². The molecule has 0 spiro atoms. The number of carbonyl (C=O) groups is 2. The van der Waals surface area contributed by atoms with Crippen LogP contribution in [-0.2, 0) is 9.59 Å². The summed E-state index contributed by atoms with van der Waals surface area (Å²) in [7, 11) is 0. The van der Waals surface area contributed by atoms with Crippen LogP contribution in [0.2, 0.25) is 0 Å². The predicted octanol–water partition coefficient (Wildman–Crippen LogP) is 2.07. The zero-order chi connectivity index (χ0) is 17.4. The Morgan fingerprint density at radius 2 is 1.92 bits per heavy atom. The minimum Gasteiger partial charge on any atom is -0.326 e. The Morgan fingerprint density at radius 1 is 1.17 bits per heavy atom. The van der Waals surface area contributed by atoms with Crippen molar-refractivity contribution in [1.29, 1.82) is 0 Å². The molecule has 8 heteroatoms. The Morgan fingerprint density at radius 3 is 2.62 bits per heavy atom. The maximum absolute atomic E-state index is 11.8. The second-order valence-corrected chi connectivity index (χ2v) is 5.76. The van der Waals surface area contributed by atoms with Crippen molar-refractivity contribution in [2.45, 2.75) is 19.0 Å². The van der Waals surface area contributed by atoms with Crippen LogP contribution in [0.4, 0.5) is 5.69 Å². The summed E-state index contributed by atoms with van der Waals surface area (Å²) in [6, 6.07) is 8.95. The Labute approximate surface area is 144 Å². The summed E-state index contributed by atoms with van der Waals surface area (Å²) in [5, 5.41) is 7.32. The third-order valence-corrected chi connectivity index (χ3v) is 3.70. The van der Waals surface area contributed by atoms with E-state index in [4.69, 9.17) is 0 Å². The van der Waals surface area contributed by atoms with Gasteiger partial charge < -0.3 is 5.32 Å². The van der Waals surface area contributed by atoms with Gasteiger partial charge in [0.1, 0.15) is 0 Å². The van der Waals surface area contributed by atoms with Crippen molar-refractivity contribution in [2.24, 2.45) is 5.10 Å². The average Bonchev–Trinajstić information content (AvgIpc) is 2.58. The van der Waals surface area contributed by atoms with Crippen LogP contribution >= 0.6 is 11.8 Å². The summed E-state index contributed by atoms with van der Waals surface area (Å²) in [6.07, 6.45) is 3.25. The van der Waals surface area contributed by atoms with Crippen molar-refractivity contribution in [3.05, 3.63) is 48.3 Å². The number of nitrogens with zero attached hydrogens (tertiary/aromatic N) is 3. The molecule has 1 aromatic carbocycles. The van der Waals surface area contributed by atoms with Crippen LogP contribution < -0.4 is 10.7 Å². The minimum atomic E-state index is -0.246. The molecule has 0 saturated heterocycles. The fraction of sp³-hybridized carbons (Fsp3) is 0.188. The van der Waals surface area contributed by atoms with E-state index < -0.39 is 0 Å². The van der Waals surface area contributed by atoms with Crippen molar-refractivity contribution < 1.29 is 9.59 Å². The summed E-state index contributed by atoms with van der Waals surface area (Å²) in [4.78, 5) is 31.0. The first kappa shape index (κ1) is 17.6. The number of anilines is 1. The lowest BCUT2D eigenvalue weighted by molar-refractivity contribution is -0.118. The number of carbonyl (C=O) groups excluding carboxylic acids is 2. The van der Waals surface area contributed by atoms with E-state index >= 15 is 0 Å². The van der Waals surface area contributed by atoms with Crippen LogP contribution in [-0.4, -0.2) is 33.2 Å². The van der Waals surface area contributed by atoms with Crippen molar-refractivity contribution in [1.82, 2.24) is 15.4 Å². The highest BCUT2D eigenvalue weighted by Crippen LogP contribution is 2.12. The molecule has 0 unspecified atom stereocenters. The van der Waals surface area contributed by atoms with Crippen LogP contribution in [0, 0.1) is 0 Å². The lowest BCUT2D eigenvalue weighted by Gasteiger charge is -2.06. The molecule has 0 aliphatic heterocycles. The first-order valence-electron chi connectivity index (χ1n) is 7.15. The van der Waals surface area contributed by atoms with Crippen molar-refractivity contribution in [3.63, 3.8) is 0 Å². The van der Waals surface area contributed by atoms with Gasteiger partial charge in [-0.3, -0.25) is 9.59 Å². The molecule has 24 heavy (non-hydrogen) atoms. The second-order valence-electron chi connectivity index (χ2n) is 4.81. The number of hydrogen-bond acceptors (Lipinski definition) is 6. The van der Waals surface area contributed by atoms with E-state index in [9.17, 15) is 9.59 Å². The third kappa shape index (κ3) is 5.81. The van der Waals surface area contributed by atoms with E-state index in [0.717, 1.165) is 5.56 Å². The van der Waals surface area contributed by atoms with Gasteiger partial charge in [-0.1, -0.05) is 23.9 Å². The van der Waals surface area contributed by atoms with E-state index in [1.165, 1.54) is 18.7 Å². The molecular weight excluding hydrogens is 326 g/mol. The third-order valence-electron chi connectivity index (χ3n) is 2.82. The summed E-state index contributed by atoms with van der Waals surface area (Å²) in [5.41, 5.74) is 4.62. The van der Waals surface area contributed by atoms with Gasteiger partial charge in [0, 0.05) is 25.0 Å². The predicted molar refractivity (Wildman–Crippen MR) is 93.9 cm³/mol. The largest absolute Gasteiger partial charge is 0.326 e. The van der Waals surface area contributed by atoms with Gasteiger partial charge >= 0.3 is 0 Å². The topological polar surface area (TPSA) is 96.3 Å². The van der Waals surface area contributed by atoms with Crippen molar-refractivity contribution >= 4 is 35.0 Å². The van der Waals surface area contributed by atoms with Gasteiger partial charge in [-0.2, -0.15) is 5.10 Å². The van der Waals surface area contributed by atoms with Crippen LogP contribution in [0.25, 0.3) is 0 Å². The molecule has 2 N–H and O–H groups in total. The van der Waals surface area contributed by atoms with Gasteiger partial charge in [-0.05, 0) is 30.7 Å². The standard InChI is InChI=1S/C16H17N5O2S/c1-11(13-5-3-6-14(9-13)19-12(2)22)20-21-15(23)10-24-16-17-7-4-8-18-16/h3-9H,10H2,1-2H3,(H,19,22)(H,21,23)/b20-11-. The zero-order valence-electron chi connectivity index (χ0n) is 13.3. The number of rotatable bonds is 6. The Hall–Kier alpha value is -2.74. The minimum absolute atomic E-state index is 0.143. The van der Waals surface area contributed by atoms with E-state index in [1.54, 1.807) is 37.5 Å². The highest BCUT2D eigenvalue weighted by Gasteiger charge is 2.05. The molecule has 124 valence electrons. The quantitative estimate of drug-likeness (QED) is 0.362. The van der Waals surface area contributed by atoms with Gasteiger partial charge in [0.2, 0.25) is 5.91 Å². The summed E-state index contributed by atoms with van der Waals surface area (Å²) in [5.74, 6) is -0.216. The molecule has 1 heterocycles. The van der Waals surface area contributed by atoms with Gasteiger partial charge in [0.15, 0.2) is 5.16 Å². The maximum atomic E-state index is 11.8. The molecule has 2 rings (SSSR count). The Bertz CT molecular complexity index is 749. The molecule has 0 fully saturated rings. The second kappa shape index (κ2) is 8.78. The van der Waals surface area contributed by atoms with E-state index in [0.29, 0.717) is 16.6 Å². The van der Waals surface area contributed by atoms with Crippen LogP contribution in [0.3, 0.4) is 0 Å². The van der Waals surface area contributed by atoms with Crippen LogP contribution in [0.15, 0.2) is 53.0 Å². The van der Waals surface area contributed by atoms with E-state index in [2.05, 4.69) is 25.8 Å². The van der Waals surface area contributed by atoms with Gasteiger partial charge in [-0.25, -0.2) is 15.4 Å². The Balaban J connectivity index is 1.91. The van der Waals surface area contributed by atoms with E-state index in [1.807, 2.05) is 12.1 Å². The molecule has 0 atom stereocenters. The summed E-state index contributed by atoms with van der Waals surface area (Å²) < 4.78 is 0. The first-order chi connectivity index (χ1) is 11.5. The number of hydrogen-bond donors (Lipinski definition) is 2. The number of thioether (sulfide) groups is 1. The fourth-order valence-corrected chi connectivity index (χ4v) is 2.35. The molecule has 2 aromatic rings. The van der Waals surface area contributed by atoms with Crippen molar-refractivity contribution in [3.8, 4) is 0 Å². The molecule has 2 amide bonds. The molecular formula is C16H17N5O2S. The highest BCUT2D eigenvalue weighted by atomic mass is 32.2. The zero-order valence-corrected chi connectivity index (χ0v) is 14.1. The van der Waals surface area contributed by atoms with Gasteiger partial charge in [-0.15, -0.1) is 0 Å². The molecule has 0 saturated carbocycles. The number of nitrogens with one attached hydrogen (secondary N) is 2. The molecule has 0 bridgehead atoms. The molecule has 0 radical (unpaired) electrons. The molecule has 0 aliphatic carbocycles. The molecule has 0 aliphatic rings. The number of benzene rings is 1. The summed E-state index contributed by atoms with van der Waals surface area (Å²) in [6.45, 7) is 3.22. The van der Waals surface area contributed by atoms with Crippen LogP contribution in [0.1, 0.15) is 19.4 Å². The monoisotopic (exact) mass is 343 g/mol. The number of aromatic nitrogens is 2. The highest BCUT2D eigenvalue weighted by molar-refractivity contribution is 7.99. The first-order valence-corrected chi connectivity index (χ1v) is 8.14. The lowest BCUT2D eigenvalue weighted by atomic mass is 10.1. The molecule has 7 nitrogen and oxygen atoms in total. The smallest absolute Gasteiger partial charge is 0.250 e. The maximum Gasteiger partial charge on any atom is 0.250 e. The van der Waals surface area contributed by atoms with Crippen LogP contribution in [0.5, 0.6) is 0 Å². The number of amides is 2. The SMILES string of the molecule is CC(=O)Nc1cccc(/C(C)=N\NC(=O)CSc2ncccn2)c1. The van der Waals surface area contributed by atoms with E-state index in [-0.39, 0.29) is 17.6 Å². The summed E-state index contributed by atoms with van der Waals surface area (Å²) >= 11 is 1.23. The normalized spacial score (nSPS) is 11.0. The molecule has 1 aromatic heterocycles. The lowest BCUT2D eigenvalue weighted by Crippen LogP contribution is -2.21. The number of hydrazone groups is 1. The average molecular weight is 343 g/mol. The fourth-order valence-electron chi connectivity index (χ4n) is 1.76.